The van der Waals surface area contributed by atoms with Gasteiger partial charge in [0, 0.05) is 12.0 Å². The summed E-state index contributed by atoms with van der Waals surface area (Å²) in [6.07, 6.45) is 0. The van der Waals surface area contributed by atoms with Crippen LogP contribution in [-0.2, 0) is 0 Å². The fourth-order valence-electron chi connectivity index (χ4n) is 1.18. The number of nitrogens with zero attached hydrogens (tertiary/aromatic N) is 3. The first-order chi connectivity index (χ1) is 5.54. The number of rotatable bonds is 2. The molecule has 1 rings (SSSR count). The Morgan fingerprint density at radius 1 is 1.17 bits per heavy atom. The molecule has 1 N–H and O–H groups in total. The topological polar surface area (TPSA) is 50.9 Å². The van der Waals surface area contributed by atoms with Crippen molar-refractivity contribution in [1.29, 1.82) is 0 Å². The van der Waals surface area contributed by atoms with E-state index >= 15 is 0 Å². The van der Waals surface area contributed by atoms with Gasteiger partial charge in [0.05, 0.1) is 0 Å². The normalized spacial score (nSPS) is 11.5. The maximum Gasteiger partial charge on any atom is 0.314 e. The molecule has 0 atom stereocenters. The summed E-state index contributed by atoms with van der Waals surface area (Å²) in [4.78, 5) is 0. The van der Waals surface area contributed by atoms with Gasteiger partial charge in [-0.3, -0.25) is 4.57 Å². The van der Waals surface area contributed by atoms with Crippen molar-refractivity contribution in [3.8, 4) is 6.01 Å². The molecule has 1 heterocycles. The van der Waals surface area contributed by atoms with Gasteiger partial charge in [0.1, 0.15) is 5.82 Å². The van der Waals surface area contributed by atoms with Crippen LogP contribution in [0.2, 0.25) is 0 Å². The second kappa shape index (κ2) is 3.13. The molecule has 0 radical (unpaired) electrons. The Bertz CT molecular complexity index is 265. The average molecular weight is 169 g/mol. The highest BCUT2D eigenvalue weighted by Gasteiger charge is 2.15. The molecule has 1 aromatic heterocycles. The highest BCUT2D eigenvalue weighted by molar-refractivity contribution is 5.04. The Balaban J connectivity index is 3.12. The number of aromatic nitrogens is 3. The molecule has 4 nitrogen and oxygen atoms in total. The van der Waals surface area contributed by atoms with Gasteiger partial charge >= 0.3 is 6.01 Å². The van der Waals surface area contributed by atoms with E-state index in [9.17, 15) is 5.11 Å². The van der Waals surface area contributed by atoms with E-state index in [0.29, 0.717) is 5.92 Å². The number of hydrogen-bond acceptors (Lipinski definition) is 3. The minimum absolute atomic E-state index is 0.00806. The summed E-state index contributed by atoms with van der Waals surface area (Å²) in [6.45, 7) is 8.05. The molecule has 0 amide bonds. The average Bonchev–Trinajstić information content (AvgIpc) is 2.30. The van der Waals surface area contributed by atoms with Crippen molar-refractivity contribution in [1.82, 2.24) is 14.8 Å². The van der Waals surface area contributed by atoms with E-state index in [0.717, 1.165) is 5.82 Å². The van der Waals surface area contributed by atoms with Crippen LogP contribution in [0.5, 0.6) is 6.01 Å². The highest BCUT2D eigenvalue weighted by Crippen LogP contribution is 2.21. The number of hydrogen-bond donors (Lipinski definition) is 1. The molecule has 0 saturated heterocycles. The highest BCUT2D eigenvalue weighted by atomic mass is 16.3. The fraction of sp³-hybridized carbons (Fsp3) is 0.750. The van der Waals surface area contributed by atoms with E-state index in [2.05, 4.69) is 10.2 Å². The maximum atomic E-state index is 9.34. The van der Waals surface area contributed by atoms with E-state index in [1.165, 1.54) is 0 Å². The van der Waals surface area contributed by atoms with Gasteiger partial charge in [0.25, 0.3) is 0 Å². The van der Waals surface area contributed by atoms with Crippen LogP contribution in [0, 0.1) is 0 Å². The molecule has 4 heteroatoms. The lowest BCUT2D eigenvalue weighted by Crippen LogP contribution is -2.07. The van der Waals surface area contributed by atoms with Gasteiger partial charge in [0.2, 0.25) is 0 Å². The number of aromatic hydroxyl groups is 1. The van der Waals surface area contributed by atoms with Crippen LogP contribution in [0.25, 0.3) is 0 Å². The molecule has 0 saturated carbocycles. The fourth-order valence-corrected chi connectivity index (χ4v) is 1.18. The molecule has 0 fully saturated rings. The lowest BCUT2D eigenvalue weighted by atomic mass is 10.2. The van der Waals surface area contributed by atoms with Gasteiger partial charge in [-0.15, -0.1) is 5.10 Å². The molecule has 0 unspecified atom stereocenters. The van der Waals surface area contributed by atoms with Crippen molar-refractivity contribution >= 4 is 0 Å². The van der Waals surface area contributed by atoms with E-state index in [4.69, 9.17) is 0 Å². The van der Waals surface area contributed by atoms with Crippen LogP contribution in [0.3, 0.4) is 0 Å². The minimum atomic E-state index is 0.00806. The smallest absolute Gasteiger partial charge is 0.314 e. The summed E-state index contributed by atoms with van der Waals surface area (Å²) in [5, 5.41) is 16.9. The second-order valence-corrected chi connectivity index (χ2v) is 3.48. The zero-order valence-corrected chi connectivity index (χ0v) is 7.94. The predicted molar refractivity (Wildman–Crippen MR) is 46.2 cm³/mol. The van der Waals surface area contributed by atoms with Crippen molar-refractivity contribution in [3.05, 3.63) is 5.82 Å². The molecular weight excluding hydrogens is 154 g/mol. The Kier molecular flexibility index (Phi) is 2.35. The van der Waals surface area contributed by atoms with Crippen LogP contribution in [0.4, 0.5) is 0 Å². The molecule has 0 aliphatic rings. The van der Waals surface area contributed by atoms with Gasteiger partial charge in [0.15, 0.2) is 0 Å². The molecule has 68 valence electrons. The second-order valence-electron chi connectivity index (χ2n) is 3.48. The molecule has 0 aliphatic heterocycles. The summed E-state index contributed by atoms with van der Waals surface area (Å²) in [5.74, 6) is 1.13. The third kappa shape index (κ3) is 1.42. The summed E-state index contributed by atoms with van der Waals surface area (Å²) >= 11 is 0. The molecule has 0 aliphatic carbocycles. The zero-order valence-electron chi connectivity index (χ0n) is 7.94. The van der Waals surface area contributed by atoms with Gasteiger partial charge in [-0.25, -0.2) is 0 Å². The largest absolute Gasteiger partial charge is 0.479 e. The van der Waals surface area contributed by atoms with E-state index < -0.39 is 0 Å². The monoisotopic (exact) mass is 169 g/mol. The Morgan fingerprint density at radius 3 is 2.08 bits per heavy atom. The van der Waals surface area contributed by atoms with Gasteiger partial charge in [-0.2, -0.15) is 0 Å². The molecule has 0 aromatic carbocycles. The van der Waals surface area contributed by atoms with Crippen LogP contribution >= 0.6 is 0 Å². The minimum Gasteiger partial charge on any atom is -0.479 e. The molecule has 0 bridgehead atoms. The van der Waals surface area contributed by atoms with Crippen molar-refractivity contribution in [2.24, 2.45) is 0 Å². The van der Waals surface area contributed by atoms with Crippen molar-refractivity contribution in [3.63, 3.8) is 0 Å². The first-order valence-electron chi connectivity index (χ1n) is 4.17. The van der Waals surface area contributed by atoms with Crippen molar-refractivity contribution in [2.45, 2.75) is 39.7 Å². The van der Waals surface area contributed by atoms with E-state index in [-0.39, 0.29) is 12.1 Å². The molecular formula is C8H15N3O. The van der Waals surface area contributed by atoms with Gasteiger partial charge < -0.3 is 5.11 Å². The van der Waals surface area contributed by atoms with Gasteiger partial charge in [-0.1, -0.05) is 18.9 Å². The summed E-state index contributed by atoms with van der Waals surface area (Å²) < 4.78 is 1.74. The first kappa shape index (κ1) is 9.03. The summed E-state index contributed by atoms with van der Waals surface area (Å²) in [5.41, 5.74) is 0. The Morgan fingerprint density at radius 2 is 1.75 bits per heavy atom. The van der Waals surface area contributed by atoms with Crippen LogP contribution in [-0.4, -0.2) is 19.9 Å². The summed E-state index contributed by atoms with van der Waals surface area (Å²) in [7, 11) is 0. The van der Waals surface area contributed by atoms with Crippen molar-refractivity contribution in [2.75, 3.05) is 0 Å². The lowest BCUT2D eigenvalue weighted by Gasteiger charge is -2.12. The van der Waals surface area contributed by atoms with E-state index in [1.807, 2.05) is 27.7 Å². The predicted octanol–water partition coefficient (Wildman–Crippen LogP) is 1.69. The molecule has 12 heavy (non-hydrogen) atoms. The van der Waals surface area contributed by atoms with Gasteiger partial charge in [-0.05, 0) is 13.8 Å². The Labute approximate surface area is 72.2 Å². The van der Waals surface area contributed by atoms with Crippen LogP contribution in [0.1, 0.15) is 45.5 Å². The SMILES string of the molecule is CC(C)c1nnc(O)n1C(C)C. The molecule has 0 spiro atoms. The molecule has 1 aromatic rings. The zero-order chi connectivity index (χ0) is 9.30. The summed E-state index contributed by atoms with van der Waals surface area (Å²) in [6, 6.07) is 0.214. The Hall–Kier alpha value is -1.06. The third-order valence-corrected chi connectivity index (χ3v) is 1.74. The van der Waals surface area contributed by atoms with Crippen LogP contribution in [0.15, 0.2) is 0 Å². The van der Waals surface area contributed by atoms with Crippen LogP contribution < -0.4 is 0 Å². The first-order valence-corrected chi connectivity index (χ1v) is 4.17. The quantitative estimate of drug-likeness (QED) is 0.732. The lowest BCUT2D eigenvalue weighted by molar-refractivity contribution is 0.376. The maximum absolute atomic E-state index is 9.34. The van der Waals surface area contributed by atoms with E-state index in [1.54, 1.807) is 4.57 Å². The standard InChI is InChI=1S/C8H15N3O/c1-5(2)7-9-10-8(12)11(7)6(3)4/h5-6H,1-4H3,(H,10,12). The van der Waals surface area contributed by atoms with Crippen molar-refractivity contribution < 1.29 is 5.11 Å². The third-order valence-electron chi connectivity index (χ3n) is 1.74.